The Bertz CT molecular complexity index is 734. The first-order valence-corrected chi connectivity index (χ1v) is 9.50. The maximum atomic E-state index is 12.7. The van der Waals surface area contributed by atoms with Crippen LogP contribution in [0.1, 0.15) is 54.4 Å². The van der Waals surface area contributed by atoms with Crippen LogP contribution in [0.2, 0.25) is 0 Å². The molecule has 0 fully saturated rings. The zero-order chi connectivity index (χ0) is 17.3. The van der Waals surface area contributed by atoms with Crippen molar-refractivity contribution in [2.75, 3.05) is 11.1 Å². The van der Waals surface area contributed by atoms with Gasteiger partial charge in [0.05, 0.1) is 10.6 Å². The molecule has 128 valence electrons. The number of anilines is 2. The summed E-state index contributed by atoms with van der Waals surface area (Å²) in [5, 5.41) is 3.63. The van der Waals surface area contributed by atoms with Crippen LogP contribution in [0.4, 0.5) is 10.7 Å². The van der Waals surface area contributed by atoms with Crippen molar-refractivity contribution in [3.05, 3.63) is 46.3 Å². The van der Waals surface area contributed by atoms with E-state index in [1.807, 2.05) is 30.3 Å². The van der Waals surface area contributed by atoms with E-state index in [1.54, 1.807) is 11.3 Å². The van der Waals surface area contributed by atoms with Crippen LogP contribution < -0.4 is 11.1 Å². The summed E-state index contributed by atoms with van der Waals surface area (Å²) in [5.41, 5.74) is 9.24. The maximum Gasteiger partial charge on any atom is 0.258 e. The summed E-state index contributed by atoms with van der Waals surface area (Å²) in [6, 6.07) is 9.56. The molecule has 0 bridgehead atoms. The van der Waals surface area contributed by atoms with Gasteiger partial charge in [-0.05, 0) is 48.3 Å². The zero-order valence-corrected chi connectivity index (χ0v) is 15.5. The first kappa shape index (κ1) is 17.0. The van der Waals surface area contributed by atoms with Gasteiger partial charge in [0.1, 0.15) is 0 Å². The molecule has 0 saturated carbocycles. The minimum atomic E-state index is -0.0793. The number of hydrogen-bond acceptors (Lipinski definition) is 3. The molecular formula is C20H26N2OS. The number of carbonyl (C=O) groups excluding carboxylic acids is 1. The van der Waals surface area contributed by atoms with Crippen molar-refractivity contribution in [2.24, 2.45) is 11.3 Å². The Kier molecular flexibility index (Phi) is 4.68. The van der Waals surface area contributed by atoms with Crippen molar-refractivity contribution in [2.45, 2.75) is 46.5 Å². The largest absolute Gasteiger partial charge is 0.390 e. The summed E-state index contributed by atoms with van der Waals surface area (Å²) < 4.78 is 0. The smallest absolute Gasteiger partial charge is 0.258 e. The van der Waals surface area contributed by atoms with E-state index in [4.69, 9.17) is 5.73 Å². The monoisotopic (exact) mass is 342 g/mol. The molecule has 1 aliphatic rings. The molecule has 24 heavy (non-hydrogen) atoms. The second-order valence-corrected chi connectivity index (χ2v) is 8.48. The van der Waals surface area contributed by atoms with Crippen molar-refractivity contribution in [1.29, 1.82) is 0 Å². The zero-order valence-electron chi connectivity index (χ0n) is 14.7. The Morgan fingerprint density at radius 1 is 1.33 bits per heavy atom. The van der Waals surface area contributed by atoms with Gasteiger partial charge in [-0.2, -0.15) is 0 Å². The molecule has 0 saturated heterocycles. The van der Waals surface area contributed by atoms with Crippen LogP contribution in [0.3, 0.4) is 0 Å². The number of amides is 1. The van der Waals surface area contributed by atoms with Gasteiger partial charge in [-0.25, -0.2) is 0 Å². The highest BCUT2D eigenvalue weighted by atomic mass is 32.1. The topological polar surface area (TPSA) is 55.1 Å². The summed E-state index contributed by atoms with van der Waals surface area (Å²) in [6.07, 6.45) is 4.31. The van der Waals surface area contributed by atoms with E-state index in [9.17, 15) is 4.79 Å². The average Bonchev–Trinajstić information content (AvgIpc) is 2.90. The van der Waals surface area contributed by atoms with Gasteiger partial charge in [0.2, 0.25) is 0 Å². The van der Waals surface area contributed by atoms with E-state index in [2.05, 4.69) is 26.1 Å². The van der Waals surface area contributed by atoms with Crippen LogP contribution in [0, 0.1) is 11.3 Å². The number of benzene rings is 1. The van der Waals surface area contributed by atoms with E-state index in [1.165, 1.54) is 16.9 Å². The first-order valence-electron chi connectivity index (χ1n) is 8.68. The number of nitrogens with one attached hydrogen (secondary N) is 1. The van der Waals surface area contributed by atoms with Crippen LogP contribution in [-0.2, 0) is 12.8 Å². The predicted octanol–water partition coefficient (Wildman–Crippen LogP) is 5.12. The number of rotatable bonds is 4. The van der Waals surface area contributed by atoms with Gasteiger partial charge in [-0.15, -0.1) is 11.3 Å². The van der Waals surface area contributed by atoms with E-state index < -0.39 is 0 Å². The quantitative estimate of drug-likeness (QED) is 0.810. The standard InChI is InChI=1S/C20H26N2OS/c1-4-20(2,3)13-10-11-15-16(12-13)24-18(21)17(15)19(23)22-14-8-6-5-7-9-14/h5-9,13H,4,10-12,21H2,1-3H3,(H,22,23)/t13-/m0/s1. The van der Waals surface area contributed by atoms with Gasteiger partial charge in [0.15, 0.2) is 0 Å². The third-order valence-corrected chi connectivity index (χ3v) is 6.65. The Morgan fingerprint density at radius 2 is 2.04 bits per heavy atom. The van der Waals surface area contributed by atoms with E-state index in [0.717, 1.165) is 24.9 Å². The van der Waals surface area contributed by atoms with Gasteiger partial charge < -0.3 is 11.1 Å². The van der Waals surface area contributed by atoms with Crippen molar-refractivity contribution in [3.8, 4) is 0 Å². The number of hydrogen-bond donors (Lipinski definition) is 2. The second-order valence-electron chi connectivity index (χ2n) is 7.35. The summed E-state index contributed by atoms with van der Waals surface area (Å²) in [4.78, 5) is 14.0. The van der Waals surface area contributed by atoms with Crippen molar-refractivity contribution in [3.63, 3.8) is 0 Å². The SMILES string of the molecule is CCC(C)(C)[C@H]1CCc2c(sc(N)c2C(=O)Nc2ccccc2)C1. The lowest BCUT2D eigenvalue weighted by atomic mass is 9.69. The highest BCUT2D eigenvalue weighted by Gasteiger charge is 2.34. The molecule has 0 radical (unpaired) electrons. The summed E-state index contributed by atoms with van der Waals surface area (Å²) in [5.74, 6) is 0.586. The summed E-state index contributed by atoms with van der Waals surface area (Å²) in [6.45, 7) is 6.96. The third kappa shape index (κ3) is 3.20. The van der Waals surface area contributed by atoms with Crippen LogP contribution >= 0.6 is 11.3 Å². The molecule has 0 unspecified atom stereocenters. The van der Waals surface area contributed by atoms with Crippen LogP contribution in [-0.4, -0.2) is 5.91 Å². The number of thiophene rings is 1. The van der Waals surface area contributed by atoms with Gasteiger partial charge in [-0.3, -0.25) is 4.79 Å². The molecule has 4 heteroatoms. The minimum absolute atomic E-state index is 0.0793. The Hall–Kier alpha value is -1.81. The molecule has 1 aliphatic carbocycles. The van der Waals surface area contributed by atoms with Crippen molar-refractivity contribution in [1.82, 2.24) is 0 Å². The molecule has 3 N–H and O–H groups in total. The fourth-order valence-corrected chi connectivity index (χ4v) is 4.72. The molecule has 2 aromatic rings. The van der Waals surface area contributed by atoms with Crippen LogP contribution in [0.25, 0.3) is 0 Å². The van der Waals surface area contributed by atoms with Gasteiger partial charge >= 0.3 is 0 Å². The highest BCUT2D eigenvalue weighted by Crippen LogP contribution is 2.44. The number of carbonyl (C=O) groups is 1. The second kappa shape index (κ2) is 6.60. The highest BCUT2D eigenvalue weighted by molar-refractivity contribution is 7.16. The average molecular weight is 343 g/mol. The fourth-order valence-electron chi connectivity index (χ4n) is 3.53. The van der Waals surface area contributed by atoms with E-state index in [0.29, 0.717) is 21.9 Å². The molecule has 1 atom stereocenters. The molecular weight excluding hydrogens is 316 g/mol. The molecule has 3 rings (SSSR count). The first-order chi connectivity index (χ1) is 11.4. The third-order valence-electron chi connectivity index (χ3n) is 5.57. The molecule has 0 spiro atoms. The summed E-state index contributed by atoms with van der Waals surface area (Å²) >= 11 is 1.60. The predicted molar refractivity (Wildman–Crippen MR) is 103 cm³/mol. The lowest BCUT2D eigenvalue weighted by Gasteiger charge is -2.36. The Morgan fingerprint density at radius 3 is 2.71 bits per heavy atom. The van der Waals surface area contributed by atoms with Gasteiger partial charge in [0.25, 0.3) is 5.91 Å². The van der Waals surface area contributed by atoms with Gasteiger partial charge in [0, 0.05) is 10.6 Å². The molecule has 3 nitrogen and oxygen atoms in total. The van der Waals surface area contributed by atoms with Crippen LogP contribution in [0.15, 0.2) is 30.3 Å². The summed E-state index contributed by atoms with van der Waals surface area (Å²) in [7, 11) is 0. The lowest BCUT2D eigenvalue weighted by Crippen LogP contribution is -2.29. The molecule has 0 aliphatic heterocycles. The maximum absolute atomic E-state index is 12.7. The van der Waals surface area contributed by atoms with Crippen LogP contribution in [0.5, 0.6) is 0 Å². The normalized spacial score (nSPS) is 17.4. The number of fused-ring (bicyclic) bond motifs is 1. The lowest BCUT2D eigenvalue weighted by molar-refractivity contribution is 0.102. The Balaban J connectivity index is 1.84. The fraction of sp³-hybridized carbons (Fsp3) is 0.450. The van der Waals surface area contributed by atoms with Crippen molar-refractivity contribution >= 4 is 27.9 Å². The van der Waals surface area contributed by atoms with E-state index in [-0.39, 0.29) is 5.91 Å². The number of para-hydroxylation sites is 1. The molecule has 1 aromatic heterocycles. The Labute approximate surface area is 148 Å². The minimum Gasteiger partial charge on any atom is -0.390 e. The molecule has 1 amide bonds. The van der Waals surface area contributed by atoms with E-state index >= 15 is 0 Å². The molecule has 1 heterocycles. The van der Waals surface area contributed by atoms with Crippen molar-refractivity contribution < 1.29 is 4.79 Å². The van der Waals surface area contributed by atoms with Gasteiger partial charge in [-0.1, -0.05) is 45.4 Å². The number of nitrogen functional groups attached to an aromatic ring is 1. The molecule has 1 aromatic carbocycles. The number of nitrogens with two attached hydrogens (primary N) is 1.